The first-order valence-corrected chi connectivity index (χ1v) is 8.23. The molecule has 0 fully saturated rings. The number of pyridine rings is 1. The summed E-state index contributed by atoms with van der Waals surface area (Å²) in [6.07, 6.45) is 1.77. The van der Waals surface area contributed by atoms with E-state index in [1.807, 2.05) is 42.5 Å². The lowest BCUT2D eigenvalue weighted by atomic mass is 10.2. The summed E-state index contributed by atoms with van der Waals surface area (Å²) in [4.78, 5) is 16.6. The topological polar surface area (TPSA) is 72.5 Å². The molecule has 130 valence electrons. The predicted molar refractivity (Wildman–Crippen MR) is 98.5 cm³/mol. The van der Waals surface area contributed by atoms with Crippen LogP contribution in [0.15, 0.2) is 66.9 Å². The number of anilines is 2. The fourth-order valence-electron chi connectivity index (χ4n) is 2.61. The Morgan fingerprint density at radius 3 is 2.58 bits per heavy atom. The molecule has 2 aromatic carbocycles. The molecule has 2 heterocycles. The summed E-state index contributed by atoms with van der Waals surface area (Å²) in [5.41, 5.74) is 3.16. The highest BCUT2D eigenvalue weighted by molar-refractivity contribution is 6.04. The normalized spacial score (nSPS) is 11.8. The van der Waals surface area contributed by atoms with Crippen LogP contribution in [0.25, 0.3) is 0 Å². The Bertz CT molecular complexity index is 911. The van der Waals surface area contributed by atoms with Crippen LogP contribution in [0, 0.1) is 0 Å². The van der Waals surface area contributed by atoms with Gasteiger partial charge >= 0.3 is 0 Å². The van der Waals surface area contributed by atoms with Gasteiger partial charge in [0.2, 0.25) is 6.79 Å². The van der Waals surface area contributed by atoms with E-state index in [-0.39, 0.29) is 12.7 Å². The fourth-order valence-corrected chi connectivity index (χ4v) is 2.61. The van der Waals surface area contributed by atoms with Crippen LogP contribution in [0.4, 0.5) is 11.4 Å². The maximum Gasteiger partial charge on any atom is 0.255 e. The third-order valence-electron chi connectivity index (χ3n) is 3.98. The number of nitrogens with one attached hydrogen (secondary N) is 2. The number of hydrogen-bond donors (Lipinski definition) is 2. The molecule has 0 radical (unpaired) electrons. The van der Waals surface area contributed by atoms with Crippen molar-refractivity contribution in [1.82, 2.24) is 4.98 Å². The first-order valence-electron chi connectivity index (χ1n) is 8.23. The van der Waals surface area contributed by atoms with Crippen LogP contribution in [0.3, 0.4) is 0 Å². The molecule has 0 unspecified atom stereocenters. The van der Waals surface area contributed by atoms with Crippen molar-refractivity contribution < 1.29 is 14.3 Å². The lowest BCUT2D eigenvalue weighted by Crippen LogP contribution is -2.11. The molecule has 1 aliphatic heterocycles. The zero-order valence-corrected chi connectivity index (χ0v) is 13.9. The summed E-state index contributed by atoms with van der Waals surface area (Å²) in [6, 6.07) is 18.5. The maximum absolute atomic E-state index is 12.4. The highest BCUT2D eigenvalue weighted by Gasteiger charge is 2.16. The van der Waals surface area contributed by atoms with E-state index < -0.39 is 0 Å². The number of nitrogens with zero attached hydrogens (tertiary/aromatic N) is 1. The van der Waals surface area contributed by atoms with Gasteiger partial charge in [-0.25, -0.2) is 0 Å². The molecule has 0 atom stereocenters. The van der Waals surface area contributed by atoms with Crippen LogP contribution in [0.2, 0.25) is 0 Å². The van der Waals surface area contributed by atoms with Crippen molar-refractivity contribution in [2.24, 2.45) is 0 Å². The van der Waals surface area contributed by atoms with Crippen molar-refractivity contribution >= 4 is 17.3 Å². The minimum absolute atomic E-state index is 0.188. The van der Waals surface area contributed by atoms with Gasteiger partial charge in [0.15, 0.2) is 11.5 Å². The van der Waals surface area contributed by atoms with Crippen molar-refractivity contribution in [3.63, 3.8) is 0 Å². The lowest BCUT2D eigenvalue weighted by molar-refractivity contribution is 0.102. The van der Waals surface area contributed by atoms with Crippen molar-refractivity contribution in [3.05, 3.63) is 78.1 Å². The predicted octanol–water partition coefficient (Wildman–Crippen LogP) is 3.67. The Balaban J connectivity index is 1.37. The SMILES string of the molecule is O=C(Nc1ccc(NCc2ccccn2)cc1)c1ccc2c(c1)OCO2. The molecule has 0 saturated heterocycles. The van der Waals surface area contributed by atoms with E-state index in [1.165, 1.54) is 0 Å². The number of amides is 1. The van der Waals surface area contributed by atoms with Crippen LogP contribution in [-0.2, 0) is 6.54 Å². The molecule has 0 aliphatic carbocycles. The van der Waals surface area contributed by atoms with E-state index >= 15 is 0 Å². The molecular weight excluding hydrogens is 330 g/mol. The number of carbonyl (C=O) groups excluding carboxylic acids is 1. The van der Waals surface area contributed by atoms with Crippen molar-refractivity contribution in [2.45, 2.75) is 6.54 Å². The highest BCUT2D eigenvalue weighted by atomic mass is 16.7. The smallest absolute Gasteiger partial charge is 0.255 e. The van der Waals surface area contributed by atoms with Gasteiger partial charge in [0, 0.05) is 23.1 Å². The number of fused-ring (bicyclic) bond motifs is 1. The Kier molecular flexibility index (Phi) is 4.38. The number of carbonyl (C=O) groups is 1. The standard InChI is InChI=1S/C20H17N3O3/c24-20(14-4-9-18-19(11-14)26-13-25-18)23-16-7-5-15(6-8-16)22-12-17-3-1-2-10-21-17/h1-11,22H,12-13H2,(H,23,24). The summed E-state index contributed by atoms with van der Waals surface area (Å²) >= 11 is 0. The van der Waals surface area contributed by atoms with E-state index in [2.05, 4.69) is 15.6 Å². The molecule has 6 nitrogen and oxygen atoms in total. The van der Waals surface area contributed by atoms with Gasteiger partial charge in [-0.2, -0.15) is 0 Å². The highest BCUT2D eigenvalue weighted by Crippen LogP contribution is 2.32. The summed E-state index contributed by atoms with van der Waals surface area (Å²) in [7, 11) is 0. The Morgan fingerprint density at radius 1 is 0.962 bits per heavy atom. The van der Waals surface area contributed by atoms with Gasteiger partial charge in [-0.15, -0.1) is 0 Å². The van der Waals surface area contributed by atoms with Crippen LogP contribution >= 0.6 is 0 Å². The molecule has 2 N–H and O–H groups in total. The van der Waals surface area contributed by atoms with E-state index in [4.69, 9.17) is 9.47 Å². The lowest BCUT2D eigenvalue weighted by Gasteiger charge is -2.09. The molecule has 26 heavy (non-hydrogen) atoms. The molecule has 1 aromatic heterocycles. The van der Waals surface area contributed by atoms with Gasteiger partial charge in [0.05, 0.1) is 12.2 Å². The number of benzene rings is 2. The summed E-state index contributed by atoms with van der Waals surface area (Å²) in [5, 5.41) is 6.17. The van der Waals surface area contributed by atoms with Gasteiger partial charge < -0.3 is 20.1 Å². The third-order valence-corrected chi connectivity index (χ3v) is 3.98. The van der Waals surface area contributed by atoms with Crippen molar-refractivity contribution in [2.75, 3.05) is 17.4 Å². The summed E-state index contributed by atoms with van der Waals surface area (Å²) < 4.78 is 10.6. The zero-order chi connectivity index (χ0) is 17.8. The van der Waals surface area contributed by atoms with Gasteiger partial charge in [-0.1, -0.05) is 6.07 Å². The summed E-state index contributed by atoms with van der Waals surface area (Å²) in [5.74, 6) is 1.05. The Morgan fingerprint density at radius 2 is 1.77 bits per heavy atom. The quantitative estimate of drug-likeness (QED) is 0.737. The monoisotopic (exact) mass is 347 g/mol. The fraction of sp³-hybridized carbons (Fsp3) is 0.100. The van der Waals surface area contributed by atoms with Gasteiger partial charge in [-0.3, -0.25) is 9.78 Å². The van der Waals surface area contributed by atoms with Gasteiger partial charge in [0.25, 0.3) is 5.91 Å². The van der Waals surface area contributed by atoms with Crippen LogP contribution < -0.4 is 20.1 Å². The van der Waals surface area contributed by atoms with Crippen molar-refractivity contribution in [3.8, 4) is 11.5 Å². The van der Waals surface area contributed by atoms with E-state index in [1.54, 1.807) is 24.4 Å². The largest absolute Gasteiger partial charge is 0.454 e. The van der Waals surface area contributed by atoms with Gasteiger partial charge in [0.1, 0.15) is 0 Å². The Labute approximate surface area is 150 Å². The second-order valence-electron chi connectivity index (χ2n) is 5.77. The molecule has 1 aliphatic rings. The maximum atomic E-state index is 12.4. The second kappa shape index (κ2) is 7.14. The Hall–Kier alpha value is -3.54. The third kappa shape index (κ3) is 3.59. The number of hydrogen-bond acceptors (Lipinski definition) is 5. The molecule has 0 spiro atoms. The van der Waals surface area contributed by atoms with Crippen LogP contribution in [0.1, 0.15) is 16.1 Å². The molecule has 0 bridgehead atoms. The average molecular weight is 347 g/mol. The molecule has 3 aromatic rings. The van der Waals surface area contributed by atoms with E-state index in [9.17, 15) is 4.79 Å². The molecule has 1 amide bonds. The summed E-state index contributed by atoms with van der Waals surface area (Å²) in [6.45, 7) is 0.830. The number of ether oxygens (including phenoxy) is 2. The molecular formula is C20H17N3O3. The first-order chi connectivity index (χ1) is 12.8. The minimum Gasteiger partial charge on any atom is -0.454 e. The minimum atomic E-state index is -0.197. The zero-order valence-electron chi connectivity index (χ0n) is 13.9. The first kappa shape index (κ1) is 16.0. The molecule has 4 rings (SSSR count). The number of rotatable bonds is 5. The average Bonchev–Trinajstić information content (AvgIpc) is 3.16. The second-order valence-corrected chi connectivity index (χ2v) is 5.77. The van der Waals surface area contributed by atoms with Crippen LogP contribution in [-0.4, -0.2) is 17.7 Å². The number of aromatic nitrogens is 1. The van der Waals surface area contributed by atoms with E-state index in [0.29, 0.717) is 23.6 Å². The van der Waals surface area contributed by atoms with Crippen molar-refractivity contribution in [1.29, 1.82) is 0 Å². The van der Waals surface area contributed by atoms with Gasteiger partial charge in [-0.05, 0) is 54.6 Å². The van der Waals surface area contributed by atoms with Crippen LogP contribution in [0.5, 0.6) is 11.5 Å². The molecule has 0 saturated carbocycles. The molecule has 6 heteroatoms. The van der Waals surface area contributed by atoms with E-state index in [0.717, 1.165) is 17.1 Å².